The molecule has 2 heterocycles. The summed E-state index contributed by atoms with van der Waals surface area (Å²) in [6.07, 6.45) is 0.240. The molecule has 5 nitrogen and oxygen atoms in total. The summed E-state index contributed by atoms with van der Waals surface area (Å²) in [7, 11) is -0.766. The number of hydrogen-bond donors (Lipinski definition) is 0. The zero-order valence-electron chi connectivity index (χ0n) is 17.3. The SMILES string of the molecule is CC(C)(C)OC(=O)N1CCc2cc(F)c(B3OC(C)(C)C(C)(C)O3)cc2C1. The first kappa shape index (κ1) is 20.1. The van der Waals surface area contributed by atoms with Crippen molar-refractivity contribution >= 4 is 18.7 Å². The van der Waals surface area contributed by atoms with Gasteiger partial charge in [0.1, 0.15) is 11.4 Å². The van der Waals surface area contributed by atoms with E-state index in [1.165, 1.54) is 0 Å². The summed E-state index contributed by atoms with van der Waals surface area (Å²) in [5.74, 6) is -0.335. The van der Waals surface area contributed by atoms with E-state index in [1.54, 1.807) is 17.0 Å². The fourth-order valence-electron chi connectivity index (χ4n) is 3.23. The van der Waals surface area contributed by atoms with Crippen molar-refractivity contribution in [2.24, 2.45) is 0 Å². The molecule has 0 bridgehead atoms. The maximum absolute atomic E-state index is 14.7. The fraction of sp³-hybridized carbons (Fsp3) is 0.650. The summed E-state index contributed by atoms with van der Waals surface area (Å²) < 4.78 is 32.2. The zero-order valence-corrected chi connectivity index (χ0v) is 17.3. The average Bonchev–Trinajstić information content (AvgIpc) is 2.72. The summed E-state index contributed by atoms with van der Waals surface area (Å²) in [6, 6.07) is 3.31. The largest absolute Gasteiger partial charge is 0.497 e. The number of hydrogen-bond acceptors (Lipinski definition) is 4. The van der Waals surface area contributed by atoms with Crippen LogP contribution < -0.4 is 5.46 Å². The molecule has 1 fully saturated rings. The zero-order chi connectivity index (χ0) is 20.2. The Labute approximate surface area is 161 Å². The van der Waals surface area contributed by atoms with Crippen molar-refractivity contribution in [2.75, 3.05) is 6.54 Å². The Bertz CT molecular complexity index is 741. The van der Waals surface area contributed by atoms with Gasteiger partial charge in [0.25, 0.3) is 0 Å². The summed E-state index contributed by atoms with van der Waals surface area (Å²) in [6.45, 7) is 14.2. The monoisotopic (exact) mass is 377 g/mol. The third kappa shape index (κ3) is 3.99. The number of carbonyl (C=O) groups excluding carboxylic acids is 1. The second kappa shape index (κ2) is 6.48. The summed E-state index contributed by atoms with van der Waals surface area (Å²) in [4.78, 5) is 14.0. The Kier molecular flexibility index (Phi) is 4.84. The third-order valence-corrected chi connectivity index (χ3v) is 5.49. The molecule has 148 valence electrons. The molecule has 0 atom stereocenters. The summed E-state index contributed by atoms with van der Waals surface area (Å²) >= 11 is 0. The lowest BCUT2D eigenvalue weighted by molar-refractivity contribution is 0.00578. The van der Waals surface area contributed by atoms with Crippen molar-refractivity contribution in [1.82, 2.24) is 4.90 Å². The second-order valence-corrected chi connectivity index (χ2v) is 9.38. The molecule has 2 aliphatic rings. The van der Waals surface area contributed by atoms with Gasteiger partial charge in [0.2, 0.25) is 0 Å². The Balaban J connectivity index is 1.84. The first-order valence-corrected chi connectivity index (χ1v) is 9.44. The van der Waals surface area contributed by atoms with E-state index >= 15 is 0 Å². The smallest absolute Gasteiger partial charge is 0.444 e. The number of benzene rings is 1. The molecule has 27 heavy (non-hydrogen) atoms. The number of ether oxygens (including phenoxy) is 1. The van der Waals surface area contributed by atoms with Crippen molar-refractivity contribution < 1.29 is 23.2 Å². The predicted molar refractivity (Wildman–Crippen MR) is 102 cm³/mol. The highest BCUT2D eigenvalue weighted by atomic mass is 19.1. The fourth-order valence-corrected chi connectivity index (χ4v) is 3.23. The molecule has 0 unspecified atom stereocenters. The van der Waals surface area contributed by atoms with Gasteiger partial charge in [0.05, 0.1) is 11.2 Å². The van der Waals surface area contributed by atoms with Crippen LogP contribution in [-0.4, -0.2) is 41.5 Å². The molecule has 0 spiro atoms. The van der Waals surface area contributed by atoms with E-state index in [4.69, 9.17) is 14.0 Å². The first-order chi connectivity index (χ1) is 12.3. The molecular formula is C20H29BFNO4. The standard InChI is InChI=1S/C20H29BFNO4/c1-18(2,3)25-17(24)23-9-8-13-11-16(22)15(10-14(13)12-23)21-26-19(4,5)20(6,7)27-21/h10-11H,8-9,12H2,1-7H3. The predicted octanol–water partition coefficient (Wildman–Crippen LogP) is 3.42. The van der Waals surface area contributed by atoms with Gasteiger partial charge in [-0.15, -0.1) is 0 Å². The van der Waals surface area contributed by atoms with Crippen LogP contribution in [0, 0.1) is 5.82 Å². The van der Waals surface area contributed by atoms with Gasteiger partial charge in [-0.2, -0.15) is 0 Å². The molecule has 0 N–H and O–H groups in total. The van der Waals surface area contributed by atoms with Crippen LogP contribution in [-0.2, 0) is 27.0 Å². The van der Waals surface area contributed by atoms with Crippen molar-refractivity contribution in [3.63, 3.8) is 0 Å². The van der Waals surface area contributed by atoms with E-state index in [1.807, 2.05) is 48.5 Å². The molecule has 0 aromatic heterocycles. The van der Waals surface area contributed by atoms with Crippen molar-refractivity contribution in [3.05, 3.63) is 29.1 Å². The van der Waals surface area contributed by atoms with Crippen LogP contribution in [0.2, 0.25) is 0 Å². The molecule has 7 heteroatoms. The second-order valence-electron chi connectivity index (χ2n) is 9.38. The first-order valence-electron chi connectivity index (χ1n) is 9.44. The van der Waals surface area contributed by atoms with Crippen LogP contribution in [0.3, 0.4) is 0 Å². The minimum Gasteiger partial charge on any atom is -0.444 e. The average molecular weight is 377 g/mol. The normalized spacial score (nSPS) is 21.2. The van der Waals surface area contributed by atoms with E-state index < -0.39 is 23.9 Å². The lowest BCUT2D eigenvalue weighted by atomic mass is 9.76. The quantitative estimate of drug-likeness (QED) is 0.704. The molecule has 0 radical (unpaired) electrons. The number of halogens is 1. The van der Waals surface area contributed by atoms with Gasteiger partial charge >= 0.3 is 13.2 Å². The van der Waals surface area contributed by atoms with E-state index in [0.717, 1.165) is 11.1 Å². The van der Waals surface area contributed by atoms with Crippen molar-refractivity contribution in [3.8, 4) is 0 Å². The van der Waals surface area contributed by atoms with Crippen LogP contribution in [0.15, 0.2) is 12.1 Å². The lowest BCUT2D eigenvalue weighted by Crippen LogP contribution is -2.42. The maximum Gasteiger partial charge on any atom is 0.497 e. The summed E-state index contributed by atoms with van der Waals surface area (Å²) in [5.41, 5.74) is 0.559. The Morgan fingerprint density at radius 1 is 1.15 bits per heavy atom. The molecule has 1 aromatic rings. The highest BCUT2D eigenvalue weighted by Gasteiger charge is 2.52. The number of amides is 1. The van der Waals surface area contributed by atoms with Crippen LogP contribution in [0.4, 0.5) is 9.18 Å². The number of nitrogens with zero attached hydrogens (tertiary/aromatic N) is 1. The van der Waals surface area contributed by atoms with Gasteiger partial charge in [-0.1, -0.05) is 6.07 Å². The number of carbonyl (C=O) groups is 1. The maximum atomic E-state index is 14.7. The number of fused-ring (bicyclic) bond motifs is 1. The van der Waals surface area contributed by atoms with Crippen molar-refractivity contribution in [2.45, 2.75) is 78.2 Å². The van der Waals surface area contributed by atoms with Gasteiger partial charge in [-0.3, -0.25) is 0 Å². The van der Waals surface area contributed by atoms with Crippen LogP contribution in [0.5, 0.6) is 0 Å². The highest BCUT2D eigenvalue weighted by Crippen LogP contribution is 2.37. The van der Waals surface area contributed by atoms with E-state index in [9.17, 15) is 9.18 Å². The Morgan fingerprint density at radius 3 is 2.30 bits per heavy atom. The molecule has 0 saturated carbocycles. The van der Waals surface area contributed by atoms with Crippen LogP contribution >= 0.6 is 0 Å². The Hall–Kier alpha value is -1.60. The highest BCUT2D eigenvalue weighted by molar-refractivity contribution is 6.62. The number of rotatable bonds is 1. The van der Waals surface area contributed by atoms with Gasteiger partial charge in [-0.25, -0.2) is 9.18 Å². The lowest BCUT2D eigenvalue weighted by Gasteiger charge is -2.32. The van der Waals surface area contributed by atoms with E-state index in [0.29, 0.717) is 25.0 Å². The molecular weight excluding hydrogens is 348 g/mol. The van der Waals surface area contributed by atoms with Gasteiger partial charge < -0.3 is 18.9 Å². The topological polar surface area (TPSA) is 48.0 Å². The van der Waals surface area contributed by atoms with Crippen LogP contribution in [0.25, 0.3) is 0 Å². The molecule has 1 saturated heterocycles. The molecule has 0 aliphatic carbocycles. The molecule has 2 aliphatic heterocycles. The minimum absolute atomic E-state index is 0.335. The molecule has 3 rings (SSSR count). The Morgan fingerprint density at radius 2 is 1.74 bits per heavy atom. The van der Waals surface area contributed by atoms with Gasteiger partial charge in [-0.05, 0) is 72.1 Å². The minimum atomic E-state index is -0.766. The van der Waals surface area contributed by atoms with E-state index in [-0.39, 0.29) is 11.9 Å². The van der Waals surface area contributed by atoms with E-state index in [2.05, 4.69) is 0 Å². The molecule has 1 amide bonds. The van der Waals surface area contributed by atoms with Gasteiger partial charge in [0, 0.05) is 18.6 Å². The van der Waals surface area contributed by atoms with Crippen molar-refractivity contribution in [1.29, 1.82) is 0 Å². The van der Waals surface area contributed by atoms with Crippen LogP contribution in [0.1, 0.15) is 59.6 Å². The molecule has 1 aromatic carbocycles. The van der Waals surface area contributed by atoms with Gasteiger partial charge in [0.15, 0.2) is 0 Å². The third-order valence-electron chi connectivity index (χ3n) is 5.49. The summed E-state index contributed by atoms with van der Waals surface area (Å²) in [5, 5.41) is 0.